The summed E-state index contributed by atoms with van der Waals surface area (Å²) in [5.41, 5.74) is 7.58. The number of piperidine rings is 1. The van der Waals surface area contributed by atoms with Crippen LogP contribution < -0.4 is 5.73 Å². The van der Waals surface area contributed by atoms with Gasteiger partial charge in [-0.05, 0) is 50.4 Å². The van der Waals surface area contributed by atoms with E-state index in [2.05, 4.69) is 30.9 Å². The fourth-order valence-corrected chi connectivity index (χ4v) is 3.72. The molecular formula is C17H27ClN2. The lowest BCUT2D eigenvalue weighted by Gasteiger charge is -2.43. The van der Waals surface area contributed by atoms with Crippen molar-refractivity contribution in [3.8, 4) is 0 Å². The maximum atomic E-state index is 6.32. The first-order valence-electron chi connectivity index (χ1n) is 7.90. The second-order valence-electron chi connectivity index (χ2n) is 6.04. The standard InChI is InChI=1S/C17H27ClN2/c1-3-7-16-10-4-5-11-20(16)17(13(2)19)14-8-6-9-15(18)12-14/h6,8-9,12-13,16-17H,3-5,7,10-11,19H2,1-2H3. The fourth-order valence-electron chi connectivity index (χ4n) is 3.52. The van der Waals surface area contributed by atoms with Gasteiger partial charge in [0.1, 0.15) is 0 Å². The van der Waals surface area contributed by atoms with Crippen molar-refractivity contribution in [1.82, 2.24) is 4.90 Å². The van der Waals surface area contributed by atoms with Crippen molar-refractivity contribution >= 4 is 11.6 Å². The minimum absolute atomic E-state index is 0.117. The maximum Gasteiger partial charge on any atom is 0.0499 e. The number of halogens is 1. The van der Waals surface area contributed by atoms with Crippen molar-refractivity contribution in [2.24, 2.45) is 5.73 Å². The Morgan fingerprint density at radius 3 is 2.85 bits per heavy atom. The quantitative estimate of drug-likeness (QED) is 0.873. The molecule has 2 N–H and O–H groups in total. The van der Waals surface area contributed by atoms with E-state index >= 15 is 0 Å². The molecule has 3 unspecified atom stereocenters. The van der Waals surface area contributed by atoms with Crippen LogP contribution in [0.3, 0.4) is 0 Å². The number of hydrogen-bond acceptors (Lipinski definition) is 2. The van der Waals surface area contributed by atoms with Gasteiger partial charge in [0, 0.05) is 23.1 Å². The predicted molar refractivity (Wildman–Crippen MR) is 87.1 cm³/mol. The monoisotopic (exact) mass is 294 g/mol. The van der Waals surface area contributed by atoms with E-state index in [0.717, 1.165) is 11.6 Å². The SMILES string of the molecule is CCCC1CCCCN1C(c1cccc(Cl)c1)C(C)N. The van der Waals surface area contributed by atoms with E-state index in [9.17, 15) is 0 Å². The lowest BCUT2D eigenvalue weighted by atomic mass is 9.91. The van der Waals surface area contributed by atoms with Gasteiger partial charge in [0.15, 0.2) is 0 Å². The summed E-state index contributed by atoms with van der Waals surface area (Å²) in [6.45, 7) is 5.54. The van der Waals surface area contributed by atoms with Crippen LogP contribution in [0.4, 0.5) is 0 Å². The molecular weight excluding hydrogens is 268 g/mol. The summed E-state index contributed by atoms with van der Waals surface area (Å²) in [6.07, 6.45) is 6.44. The lowest BCUT2D eigenvalue weighted by molar-refractivity contribution is 0.0764. The van der Waals surface area contributed by atoms with Crippen LogP contribution in [0.25, 0.3) is 0 Å². The highest BCUT2D eigenvalue weighted by Crippen LogP contribution is 2.33. The minimum atomic E-state index is 0.117. The molecule has 1 aromatic carbocycles. The van der Waals surface area contributed by atoms with Gasteiger partial charge in [-0.25, -0.2) is 0 Å². The molecule has 2 rings (SSSR count). The van der Waals surface area contributed by atoms with Gasteiger partial charge in [-0.15, -0.1) is 0 Å². The molecule has 0 amide bonds. The molecule has 2 nitrogen and oxygen atoms in total. The van der Waals surface area contributed by atoms with Crippen molar-refractivity contribution in [3.63, 3.8) is 0 Å². The molecule has 1 aromatic rings. The molecule has 1 heterocycles. The van der Waals surface area contributed by atoms with Gasteiger partial charge in [0.2, 0.25) is 0 Å². The first kappa shape index (κ1) is 15.8. The van der Waals surface area contributed by atoms with Crippen molar-refractivity contribution < 1.29 is 0 Å². The molecule has 1 saturated heterocycles. The Balaban J connectivity index is 2.26. The molecule has 0 bridgehead atoms. The Hall–Kier alpha value is -0.570. The van der Waals surface area contributed by atoms with Crippen LogP contribution in [-0.2, 0) is 0 Å². The van der Waals surface area contributed by atoms with Crippen LogP contribution in [0.15, 0.2) is 24.3 Å². The third-order valence-corrected chi connectivity index (χ3v) is 4.58. The lowest BCUT2D eigenvalue weighted by Crippen LogP contribution is -2.47. The second-order valence-corrected chi connectivity index (χ2v) is 6.47. The Kier molecular flexibility index (Phi) is 5.88. The van der Waals surface area contributed by atoms with E-state index in [0.29, 0.717) is 6.04 Å². The Morgan fingerprint density at radius 2 is 2.20 bits per heavy atom. The van der Waals surface area contributed by atoms with Crippen LogP contribution in [0.5, 0.6) is 0 Å². The maximum absolute atomic E-state index is 6.32. The Bertz CT molecular complexity index is 417. The topological polar surface area (TPSA) is 29.3 Å². The molecule has 3 heteroatoms. The van der Waals surface area contributed by atoms with Gasteiger partial charge in [-0.3, -0.25) is 4.90 Å². The summed E-state index contributed by atoms with van der Waals surface area (Å²) in [4.78, 5) is 2.63. The predicted octanol–water partition coefficient (Wildman–Crippen LogP) is 4.38. The summed E-state index contributed by atoms with van der Waals surface area (Å²) >= 11 is 6.17. The van der Waals surface area contributed by atoms with Gasteiger partial charge >= 0.3 is 0 Å². The van der Waals surface area contributed by atoms with Crippen LogP contribution in [0.1, 0.15) is 57.6 Å². The van der Waals surface area contributed by atoms with Crippen LogP contribution in [-0.4, -0.2) is 23.5 Å². The number of hydrogen-bond donors (Lipinski definition) is 1. The third kappa shape index (κ3) is 3.75. The van der Waals surface area contributed by atoms with E-state index in [4.69, 9.17) is 17.3 Å². The molecule has 0 radical (unpaired) electrons. The highest BCUT2D eigenvalue weighted by molar-refractivity contribution is 6.30. The molecule has 1 fully saturated rings. The van der Waals surface area contributed by atoms with Gasteiger partial charge < -0.3 is 5.73 Å². The van der Waals surface area contributed by atoms with E-state index in [1.165, 1.54) is 37.7 Å². The van der Waals surface area contributed by atoms with Crippen LogP contribution >= 0.6 is 11.6 Å². The van der Waals surface area contributed by atoms with Crippen LogP contribution in [0.2, 0.25) is 5.02 Å². The van der Waals surface area contributed by atoms with E-state index in [1.807, 2.05) is 12.1 Å². The van der Waals surface area contributed by atoms with Gasteiger partial charge in [-0.1, -0.05) is 43.5 Å². The Morgan fingerprint density at radius 1 is 1.40 bits per heavy atom. The first-order valence-corrected chi connectivity index (χ1v) is 8.28. The molecule has 3 atom stereocenters. The smallest absolute Gasteiger partial charge is 0.0499 e. The third-order valence-electron chi connectivity index (χ3n) is 4.34. The largest absolute Gasteiger partial charge is 0.326 e. The summed E-state index contributed by atoms with van der Waals surface area (Å²) in [6, 6.07) is 9.28. The van der Waals surface area contributed by atoms with E-state index in [1.54, 1.807) is 0 Å². The zero-order chi connectivity index (χ0) is 14.5. The molecule has 0 aliphatic carbocycles. The molecule has 1 aliphatic rings. The molecule has 20 heavy (non-hydrogen) atoms. The van der Waals surface area contributed by atoms with E-state index in [-0.39, 0.29) is 12.1 Å². The first-order chi connectivity index (χ1) is 9.63. The number of nitrogens with two attached hydrogens (primary N) is 1. The summed E-state index contributed by atoms with van der Waals surface area (Å²) in [5.74, 6) is 0. The summed E-state index contributed by atoms with van der Waals surface area (Å²) < 4.78 is 0. The highest BCUT2D eigenvalue weighted by atomic mass is 35.5. The average molecular weight is 295 g/mol. The zero-order valence-corrected chi connectivity index (χ0v) is 13.4. The van der Waals surface area contributed by atoms with Crippen molar-refractivity contribution in [3.05, 3.63) is 34.9 Å². The van der Waals surface area contributed by atoms with Gasteiger partial charge in [0.25, 0.3) is 0 Å². The fraction of sp³-hybridized carbons (Fsp3) is 0.647. The van der Waals surface area contributed by atoms with Gasteiger partial charge in [0.05, 0.1) is 0 Å². The number of nitrogens with zero attached hydrogens (tertiary/aromatic N) is 1. The number of rotatable bonds is 5. The van der Waals surface area contributed by atoms with Crippen molar-refractivity contribution in [2.75, 3.05) is 6.54 Å². The molecule has 0 saturated carbocycles. The molecule has 0 spiro atoms. The minimum Gasteiger partial charge on any atom is -0.326 e. The molecule has 1 aliphatic heterocycles. The van der Waals surface area contributed by atoms with Crippen molar-refractivity contribution in [2.45, 2.75) is 64.1 Å². The van der Waals surface area contributed by atoms with E-state index < -0.39 is 0 Å². The second kappa shape index (κ2) is 7.44. The Labute approximate surface area is 128 Å². The summed E-state index contributed by atoms with van der Waals surface area (Å²) in [5, 5.41) is 0.803. The van der Waals surface area contributed by atoms with Crippen molar-refractivity contribution in [1.29, 1.82) is 0 Å². The average Bonchev–Trinajstić information content (AvgIpc) is 2.41. The van der Waals surface area contributed by atoms with Gasteiger partial charge in [-0.2, -0.15) is 0 Å². The van der Waals surface area contributed by atoms with Crippen LogP contribution in [0, 0.1) is 0 Å². The summed E-state index contributed by atoms with van der Waals surface area (Å²) in [7, 11) is 0. The molecule has 0 aromatic heterocycles. The molecule has 112 valence electrons. The highest BCUT2D eigenvalue weighted by Gasteiger charge is 2.31. The zero-order valence-electron chi connectivity index (χ0n) is 12.7. The normalized spacial score (nSPS) is 23.5. The number of likely N-dealkylation sites (tertiary alicyclic amines) is 1. The number of benzene rings is 1.